The van der Waals surface area contributed by atoms with E-state index in [2.05, 4.69) is 12.2 Å². The minimum absolute atomic E-state index is 0. The molecule has 2 fully saturated rings. The van der Waals surface area contributed by atoms with Crippen LogP contribution in [-0.2, 0) is 0 Å². The third kappa shape index (κ3) is 5.35. The monoisotopic (exact) mass is 419 g/mol. The van der Waals surface area contributed by atoms with Crippen molar-refractivity contribution in [3.63, 3.8) is 0 Å². The molecule has 1 saturated carbocycles. The van der Waals surface area contributed by atoms with Crippen LogP contribution < -0.4 is 15.5 Å². The molecule has 1 aromatic carbocycles. The minimum Gasteiger partial charge on any atom is -0.489 e. The van der Waals surface area contributed by atoms with E-state index in [0.29, 0.717) is 22.9 Å². The van der Waals surface area contributed by atoms with Crippen molar-refractivity contribution in [1.29, 1.82) is 0 Å². The highest BCUT2D eigenvalue weighted by molar-refractivity contribution is 5.85. The lowest BCUT2D eigenvalue weighted by Gasteiger charge is -2.32. The van der Waals surface area contributed by atoms with Crippen LogP contribution in [0, 0.1) is 0 Å². The highest BCUT2D eigenvalue weighted by atomic mass is 35.5. The van der Waals surface area contributed by atoms with E-state index < -0.39 is 0 Å². The Morgan fingerprint density at radius 2 is 2.00 bits per heavy atom. The Bertz CT molecular complexity index is 840. The zero-order valence-corrected chi connectivity index (χ0v) is 18.3. The van der Waals surface area contributed by atoms with E-state index in [0.717, 1.165) is 43.7 Å². The fourth-order valence-electron chi connectivity index (χ4n) is 4.43. The molecular formula is C24H34ClNO3. The number of ether oxygens (including phenoxy) is 1. The fraction of sp³-hybridized carbons (Fsp3) is 0.625. The van der Waals surface area contributed by atoms with Crippen LogP contribution in [0.2, 0.25) is 0 Å². The number of fused-ring (bicyclic) bond motifs is 1. The molecule has 2 atom stereocenters. The first-order valence-corrected chi connectivity index (χ1v) is 11.2. The molecule has 0 bridgehead atoms. The molecule has 4 rings (SSSR count). The first kappa shape index (κ1) is 22.2. The van der Waals surface area contributed by atoms with E-state index >= 15 is 0 Å². The lowest BCUT2D eigenvalue weighted by Crippen LogP contribution is -2.45. The van der Waals surface area contributed by atoms with Crippen LogP contribution in [0.15, 0.2) is 33.5 Å². The summed E-state index contributed by atoms with van der Waals surface area (Å²) < 4.78 is 12.5. The van der Waals surface area contributed by atoms with E-state index in [1.807, 2.05) is 18.2 Å². The van der Waals surface area contributed by atoms with Crippen molar-refractivity contribution < 1.29 is 9.15 Å². The first-order chi connectivity index (χ1) is 13.7. The molecule has 0 radical (unpaired) electrons. The van der Waals surface area contributed by atoms with Crippen LogP contribution in [0.25, 0.3) is 11.0 Å². The zero-order chi connectivity index (χ0) is 19.3. The number of benzene rings is 1. The Balaban J connectivity index is 0.00000240. The summed E-state index contributed by atoms with van der Waals surface area (Å²) in [7, 11) is 0. The SMILES string of the molecule is CCCCCC(Oc1ccc2oc(C3CCC3)cc(=O)c2c1)C1CCCCN1.Cl. The second-order valence-corrected chi connectivity index (χ2v) is 8.51. The predicted octanol–water partition coefficient (Wildman–Crippen LogP) is 5.95. The van der Waals surface area contributed by atoms with Gasteiger partial charge >= 0.3 is 0 Å². The van der Waals surface area contributed by atoms with Gasteiger partial charge in [0.05, 0.1) is 5.39 Å². The van der Waals surface area contributed by atoms with Gasteiger partial charge in [0.25, 0.3) is 0 Å². The zero-order valence-electron chi connectivity index (χ0n) is 17.5. The van der Waals surface area contributed by atoms with Gasteiger partial charge in [0.2, 0.25) is 0 Å². The van der Waals surface area contributed by atoms with Crippen molar-refractivity contribution in [3.05, 3.63) is 40.2 Å². The lowest BCUT2D eigenvalue weighted by molar-refractivity contribution is 0.125. The first-order valence-electron chi connectivity index (χ1n) is 11.2. The smallest absolute Gasteiger partial charge is 0.193 e. The van der Waals surface area contributed by atoms with Gasteiger partial charge in [-0.15, -0.1) is 12.4 Å². The number of nitrogens with one attached hydrogen (secondary N) is 1. The van der Waals surface area contributed by atoms with Crippen LogP contribution >= 0.6 is 12.4 Å². The van der Waals surface area contributed by atoms with Crippen LogP contribution in [0.3, 0.4) is 0 Å². The summed E-state index contributed by atoms with van der Waals surface area (Å²) in [4.78, 5) is 12.7. The van der Waals surface area contributed by atoms with E-state index in [1.165, 1.54) is 38.5 Å². The second-order valence-electron chi connectivity index (χ2n) is 8.51. The molecule has 2 aliphatic rings. The Kier molecular flexibility index (Phi) is 8.02. The Morgan fingerprint density at radius 1 is 1.14 bits per heavy atom. The lowest BCUT2D eigenvalue weighted by atomic mass is 9.83. The molecule has 4 nitrogen and oxygen atoms in total. The predicted molar refractivity (Wildman–Crippen MR) is 121 cm³/mol. The van der Waals surface area contributed by atoms with E-state index in [1.54, 1.807) is 6.07 Å². The molecule has 1 aromatic heterocycles. The van der Waals surface area contributed by atoms with Gasteiger partial charge in [-0.25, -0.2) is 0 Å². The third-order valence-electron chi connectivity index (χ3n) is 6.40. The highest BCUT2D eigenvalue weighted by Crippen LogP contribution is 2.37. The molecule has 5 heteroatoms. The van der Waals surface area contributed by atoms with Gasteiger partial charge < -0.3 is 14.5 Å². The van der Waals surface area contributed by atoms with Gasteiger partial charge in [0.15, 0.2) is 5.43 Å². The molecular weight excluding hydrogens is 386 g/mol. The van der Waals surface area contributed by atoms with Gasteiger partial charge in [-0.05, 0) is 63.3 Å². The summed E-state index contributed by atoms with van der Waals surface area (Å²) in [5.41, 5.74) is 0.729. The fourth-order valence-corrected chi connectivity index (χ4v) is 4.43. The molecule has 1 aliphatic heterocycles. The Labute approximate surface area is 179 Å². The van der Waals surface area contributed by atoms with Crippen LogP contribution in [0.1, 0.15) is 82.8 Å². The summed E-state index contributed by atoms with van der Waals surface area (Å²) in [6.07, 6.45) is 12.0. The number of unbranched alkanes of at least 4 members (excludes halogenated alkanes) is 2. The Hall–Kier alpha value is -1.52. The van der Waals surface area contributed by atoms with Crippen LogP contribution in [-0.4, -0.2) is 18.7 Å². The maximum atomic E-state index is 12.7. The highest BCUT2D eigenvalue weighted by Gasteiger charge is 2.25. The summed E-state index contributed by atoms with van der Waals surface area (Å²) in [5, 5.41) is 4.27. The maximum absolute atomic E-state index is 12.7. The average molecular weight is 420 g/mol. The molecule has 1 aliphatic carbocycles. The molecule has 29 heavy (non-hydrogen) atoms. The normalized spacial score (nSPS) is 20.7. The number of halogens is 1. The van der Waals surface area contributed by atoms with Crippen LogP contribution in [0.4, 0.5) is 0 Å². The largest absolute Gasteiger partial charge is 0.489 e. The molecule has 2 unspecified atom stereocenters. The number of rotatable bonds is 8. The summed E-state index contributed by atoms with van der Waals surface area (Å²) in [6.45, 7) is 3.30. The van der Waals surface area contributed by atoms with Crippen molar-refractivity contribution in [1.82, 2.24) is 5.32 Å². The summed E-state index contributed by atoms with van der Waals surface area (Å²) in [6, 6.07) is 7.84. The molecule has 160 valence electrons. The van der Waals surface area contributed by atoms with Gasteiger partial charge in [0, 0.05) is 18.0 Å². The molecule has 1 N–H and O–H groups in total. The topological polar surface area (TPSA) is 51.5 Å². The number of piperidine rings is 1. The molecule has 2 aromatic rings. The summed E-state index contributed by atoms with van der Waals surface area (Å²) >= 11 is 0. The number of hydrogen-bond donors (Lipinski definition) is 1. The van der Waals surface area contributed by atoms with E-state index in [9.17, 15) is 4.79 Å². The molecule has 1 saturated heterocycles. The van der Waals surface area contributed by atoms with Gasteiger partial charge in [0.1, 0.15) is 23.2 Å². The molecule has 0 spiro atoms. The van der Waals surface area contributed by atoms with Crippen molar-refractivity contribution in [2.45, 2.75) is 89.2 Å². The minimum atomic E-state index is 0. The summed E-state index contributed by atoms with van der Waals surface area (Å²) in [5.74, 6) is 2.06. The van der Waals surface area contributed by atoms with Gasteiger partial charge in [-0.3, -0.25) is 4.79 Å². The quantitative estimate of drug-likeness (QED) is 0.537. The van der Waals surface area contributed by atoms with Gasteiger partial charge in [-0.2, -0.15) is 0 Å². The van der Waals surface area contributed by atoms with Crippen molar-refractivity contribution in [2.75, 3.05) is 6.54 Å². The van der Waals surface area contributed by atoms with E-state index in [-0.39, 0.29) is 23.9 Å². The maximum Gasteiger partial charge on any atom is 0.193 e. The Morgan fingerprint density at radius 3 is 2.69 bits per heavy atom. The van der Waals surface area contributed by atoms with Crippen molar-refractivity contribution >= 4 is 23.4 Å². The van der Waals surface area contributed by atoms with E-state index in [4.69, 9.17) is 9.15 Å². The molecule has 0 amide bonds. The average Bonchev–Trinajstić information content (AvgIpc) is 2.67. The van der Waals surface area contributed by atoms with Gasteiger partial charge in [-0.1, -0.05) is 32.6 Å². The standard InChI is InChI=1S/C24H33NO3.ClH/c1-2-3-4-11-23(20-10-5-6-14-25-20)27-18-12-13-22-19(15-18)21(26)16-24(28-22)17-8-7-9-17;/h12-13,15-17,20,23,25H,2-11,14H2,1H3;1H. The van der Waals surface area contributed by atoms with Crippen molar-refractivity contribution in [3.8, 4) is 5.75 Å². The second kappa shape index (κ2) is 10.5. The molecule has 2 heterocycles. The number of hydrogen-bond acceptors (Lipinski definition) is 4. The van der Waals surface area contributed by atoms with Crippen molar-refractivity contribution in [2.24, 2.45) is 0 Å². The third-order valence-corrected chi connectivity index (χ3v) is 6.40. The van der Waals surface area contributed by atoms with Crippen LogP contribution in [0.5, 0.6) is 5.75 Å².